The van der Waals surface area contributed by atoms with Crippen molar-refractivity contribution in [2.24, 2.45) is 0 Å². The number of fused-ring (bicyclic) bond motifs is 2. The van der Waals surface area contributed by atoms with Crippen LogP contribution in [0, 0.1) is 0 Å². The Labute approximate surface area is 290 Å². The zero-order valence-corrected chi connectivity index (χ0v) is 29.1. The fourth-order valence-electron chi connectivity index (χ4n) is 6.20. The van der Waals surface area contributed by atoms with Gasteiger partial charge in [0.15, 0.2) is 0 Å². The predicted octanol–water partition coefficient (Wildman–Crippen LogP) is 4.83. The summed E-state index contributed by atoms with van der Waals surface area (Å²) in [5, 5.41) is 12.6. The van der Waals surface area contributed by atoms with Crippen LogP contribution in [0.15, 0.2) is 60.9 Å². The van der Waals surface area contributed by atoms with Gasteiger partial charge in [0.1, 0.15) is 0 Å². The first kappa shape index (κ1) is 36.2. The number of halogens is 2. The van der Waals surface area contributed by atoms with Crippen LogP contribution in [0.4, 0.5) is 11.4 Å². The molecule has 258 valence electrons. The molecule has 15 heteroatoms. The van der Waals surface area contributed by atoms with Crippen LogP contribution in [0.2, 0.25) is 10.0 Å². The van der Waals surface area contributed by atoms with Gasteiger partial charge < -0.3 is 19.6 Å². The maximum Gasteiger partial charge on any atom is 0.325 e. The van der Waals surface area contributed by atoms with Crippen molar-refractivity contribution < 1.29 is 24.4 Å². The highest BCUT2D eigenvalue weighted by molar-refractivity contribution is 7.51. The van der Waals surface area contributed by atoms with E-state index in [4.69, 9.17) is 38.2 Å². The Balaban J connectivity index is 0.000000354. The monoisotopic (exact) mass is 717 g/mol. The molecule has 48 heavy (non-hydrogen) atoms. The van der Waals surface area contributed by atoms with E-state index in [1.54, 1.807) is 0 Å². The minimum Gasteiger partial charge on any atom is -0.368 e. The highest BCUT2D eigenvalue weighted by atomic mass is 35.5. The van der Waals surface area contributed by atoms with E-state index in [0.717, 1.165) is 86.5 Å². The molecule has 4 heterocycles. The maximum atomic E-state index is 10.2. The van der Waals surface area contributed by atoms with E-state index in [9.17, 15) is 9.36 Å². The van der Waals surface area contributed by atoms with Crippen LogP contribution < -0.4 is 9.80 Å². The summed E-state index contributed by atoms with van der Waals surface area (Å²) in [7, 11) is -3.99. The molecule has 2 aromatic heterocycles. The topological polar surface area (TPSA) is 137 Å². The lowest BCUT2D eigenvalue weighted by atomic mass is 10.1. The number of rotatable bonds is 11. The van der Waals surface area contributed by atoms with Gasteiger partial charge in [-0.3, -0.25) is 34.3 Å². The molecule has 12 nitrogen and oxygen atoms in total. The zero-order valence-electron chi connectivity index (χ0n) is 26.7. The first-order valence-electron chi connectivity index (χ1n) is 16.1. The van der Waals surface area contributed by atoms with Crippen molar-refractivity contribution in [1.29, 1.82) is 0 Å². The van der Waals surface area contributed by atoms with Crippen LogP contribution in [0.25, 0.3) is 21.8 Å². The van der Waals surface area contributed by atoms with E-state index in [0.29, 0.717) is 5.06 Å². The number of carbonyl (C=O) groups is 1. The molecule has 2 aliphatic rings. The van der Waals surface area contributed by atoms with Gasteiger partial charge in [0.05, 0.1) is 17.2 Å². The van der Waals surface area contributed by atoms with Crippen molar-refractivity contribution in [2.75, 3.05) is 88.0 Å². The first-order chi connectivity index (χ1) is 23.1. The summed E-state index contributed by atoms with van der Waals surface area (Å²) in [5.74, 6) is 0. The van der Waals surface area contributed by atoms with E-state index >= 15 is 0 Å². The van der Waals surface area contributed by atoms with Crippen LogP contribution in [-0.2, 0) is 9.36 Å². The Morgan fingerprint density at radius 3 is 1.60 bits per heavy atom. The number of nitrogens with zero attached hydrogens (tertiary/aromatic N) is 7. The normalized spacial score (nSPS) is 16.2. The summed E-state index contributed by atoms with van der Waals surface area (Å²) in [5.41, 5.74) is 4.47. The number of hydrogen-bond donors (Lipinski definition) is 3. The Hall–Kier alpha value is -3.06. The third kappa shape index (κ3) is 10.2. The Bertz CT molecular complexity index is 1610. The van der Waals surface area contributed by atoms with Gasteiger partial charge in [0, 0.05) is 103 Å². The average molecular weight is 719 g/mol. The smallest absolute Gasteiger partial charge is 0.325 e. The standard InChI is InChI=1S/C29H32Cl2N6.C4H10NO5P/c30-22-2-4-24-26(20-22)32-8-6-28(24)36-16-12-34(13-17-36)10-1-11-35-14-18-37(19-15-35)29-7-9-33-27-21-23(31)3-5-25(27)29;6-4-5(7)2-1-3-11(8,9)10/h2-9,20-21H,1,10-19H2;4,7H,1-3H2,(H2,8,9,10). The summed E-state index contributed by atoms with van der Waals surface area (Å²) in [6, 6.07) is 16.3. The van der Waals surface area contributed by atoms with Crippen molar-refractivity contribution in [3.63, 3.8) is 0 Å². The molecule has 4 aromatic rings. The number of amides is 1. The molecular formula is C33H42Cl2N7O5P. The third-order valence-electron chi connectivity index (χ3n) is 8.70. The van der Waals surface area contributed by atoms with Gasteiger partial charge in [-0.05, 0) is 74.5 Å². The summed E-state index contributed by atoms with van der Waals surface area (Å²) in [6.07, 6.45) is 4.95. The van der Waals surface area contributed by atoms with Crippen molar-refractivity contribution in [1.82, 2.24) is 24.8 Å². The van der Waals surface area contributed by atoms with E-state index in [1.165, 1.54) is 28.6 Å². The molecule has 0 radical (unpaired) electrons. The first-order valence-corrected chi connectivity index (χ1v) is 18.6. The lowest BCUT2D eigenvalue weighted by molar-refractivity contribution is -0.149. The van der Waals surface area contributed by atoms with E-state index in [-0.39, 0.29) is 25.5 Å². The molecule has 1 amide bonds. The molecule has 0 aliphatic carbocycles. The number of pyridine rings is 2. The fourth-order valence-corrected chi connectivity index (χ4v) is 7.08. The molecule has 3 N–H and O–H groups in total. The Morgan fingerprint density at radius 2 is 1.19 bits per heavy atom. The summed E-state index contributed by atoms with van der Waals surface area (Å²) < 4.78 is 10.2. The van der Waals surface area contributed by atoms with E-state index in [2.05, 4.69) is 53.8 Å². The van der Waals surface area contributed by atoms with Crippen LogP contribution in [0.5, 0.6) is 0 Å². The maximum absolute atomic E-state index is 10.2. The van der Waals surface area contributed by atoms with Gasteiger partial charge in [-0.1, -0.05) is 23.2 Å². The van der Waals surface area contributed by atoms with Crippen molar-refractivity contribution in [2.45, 2.75) is 12.8 Å². The highest BCUT2D eigenvalue weighted by Crippen LogP contribution is 2.34. The molecule has 0 bridgehead atoms. The third-order valence-corrected chi connectivity index (χ3v) is 10.1. The number of hydrogen-bond acceptors (Lipinski definition) is 9. The summed E-state index contributed by atoms with van der Waals surface area (Å²) in [4.78, 5) is 45.6. The second-order valence-corrected chi connectivity index (χ2v) is 14.7. The largest absolute Gasteiger partial charge is 0.368 e. The van der Waals surface area contributed by atoms with E-state index < -0.39 is 7.60 Å². The lowest BCUT2D eigenvalue weighted by Crippen LogP contribution is -2.48. The predicted molar refractivity (Wildman–Crippen MR) is 192 cm³/mol. The van der Waals surface area contributed by atoms with Gasteiger partial charge in [0.2, 0.25) is 6.41 Å². The minimum atomic E-state index is -3.99. The second-order valence-electron chi connectivity index (χ2n) is 12.0. The summed E-state index contributed by atoms with van der Waals surface area (Å²) in [6.45, 7) is 10.9. The van der Waals surface area contributed by atoms with Crippen LogP contribution >= 0.6 is 30.8 Å². The quantitative estimate of drug-likeness (QED) is 0.0852. The van der Waals surface area contributed by atoms with Crippen LogP contribution in [0.1, 0.15) is 12.8 Å². The molecule has 0 atom stereocenters. The highest BCUT2D eigenvalue weighted by Gasteiger charge is 2.21. The molecule has 2 aliphatic heterocycles. The molecule has 0 unspecified atom stereocenters. The molecule has 0 saturated carbocycles. The second kappa shape index (κ2) is 17.0. The number of piperazine rings is 2. The fraction of sp³-hybridized carbons (Fsp3) is 0.424. The minimum absolute atomic E-state index is 0.0609. The lowest BCUT2D eigenvalue weighted by Gasteiger charge is -2.38. The van der Waals surface area contributed by atoms with Crippen LogP contribution in [-0.4, -0.2) is 124 Å². The number of benzene rings is 2. The molecule has 2 aromatic carbocycles. The number of aromatic nitrogens is 2. The Kier molecular flexibility index (Phi) is 12.9. The van der Waals surface area contributed by atoms with Crippen molar-refractivity contribution in [3.05, 3.63) is 71.0 Å². The molecule has 0 spiro atoms. The number of carbonyl (C=O) groups excluding carboxylic acids is 1. The SMILES string of the molecule is Clc1ccc2c(N3CCN(CCCN4CCN(c5ccnc6cc(Cl)ccc56)CC4)CC3)ccnc2c1.O=CN(O)CCCP(=O)(O)O. The van der Waals surface area contributed by atoms with Crippen LogP contribution in [0.3, 0.4) is 0 Å². The number of hydroxylamine groups is 2. The zero-order chi connectivity index (χ0) is 34.1. The van der Waals surface area contributed by atoms with E-state index in [1.807, 2.05) is 36.7 Å². The molecular weight excluding hydrogens is 676 g/mol. The van der Waals surface area contributed by atoms with Gasteiger partial charge >= 0.3 is 7.60 Å². The van der Waals surface area contributed by atoms with Gasteiger partial charge in [-0.25, -0.2) is 5.06 Å². The van der Waals surface area contributed by atoms with Gasteiger partial charge in [0.25, 0.3) is 0 Å². The van der Waals surface area contributed by atoms with Crippen molar-refractivity contribution in [3.8, 4) is 0 Å². The summed E-state index contributed by atoms with van der Waals surface area (Å²) >= 11 is 12.3. The van der Waals surface area contributed by atoms with Gasteiger partial charge in [-0.2, -0.15) is 0 Å². The van der Waals surface area contributed by atoms with Crippen molar-refractivity contribution >= 4 is 70.4 Å². The van der Waals surface area contributed by atoms with Gasteiger partial charge in [-0.15, -0.1) is 0 Å². The molecule has 2 saturated heterocycles. The molecule has 2 fully saturated rings. The molecule has 6 rings (SSSR count). The average Bonchev–Trinajstić information content (AvgIpc) is 3.08. The number of anilines is 2. The Morgan fingerprint density at radius 1 is 0.729 bits per heavy atom.